The molecule has 0 saturated carbocycles. The second-order valence-electron chi connectivity index (χ2n) is 6.16. The molecule has 0 atom stereocenters. The van der Waals surface area contributed by atoms with E-state index in [2.05, 4.69) is 24.3 Å². The van der Waals surface area contributed by atoms with E-state index in [0.717, 1.165) is 25.1 Å². The van der Waals surface area contributed by atoms with Gasteiger partial charge in [-0.05, 0) is 45.7 Å². The molecule has 0 fully saturated rings. The van der Waals surface area contributed by atoms with E-state index in [1.807, 2.05) is 18.2 Å². The lowest BCUT2D eigenvalue weighted by Gasteiger charge is -2.16. The molecule has 2 aromatic carbocycles. The summed E-state index contributed by atoms with van der Waals surface area (Å²) >= 11 is 0. The van der Waals surface area contributed by atoms with Crippen molar-refractivity contribution in [3.05, 3.63) is 59.4 Å². The van der Waals surface area contributed by atoms with Gasteiger partial charge in [-0.15, -0.1) is 0 Å². The molecule has 0 saturated heterocycles. The SMILES string of the molecule is COc1cccc(CNCCCN(C)C)c1OCc1ccccc1F. The van der Waals surface area contributed by atoms with Gasteiger partial charge in [0, 0.05) is 17.7 Å². The first-order valence-corrected chi connectivity index (χ1v) is 8.49. The van der Waals surface area contributed by atoms with Gasteiger partial charge in [0.1, 0.15) is 12.4 Å². The number of methoxy groups -OCH3 is 1. The van der Waals surface area contributed by atoms with Crippen molar-refractivity contribution in [1.82, 2.24) is 10.2 Å². The van der Waals surface area contributed by atoms with Crippen molar-refractivity contribution in [2.24, 2.45) is 0 Å². The molecule has 0 bridgehead atoms. The fourth-order valence-corrected chi connectivity index (χ4v) is 2.53. The summed E-state index contributed by atoms with van der Waals surface area (Å²) in [6, 6.07) is 12.4. The molecular weight excluding hydrogens is 319 g/mol. The van der Waals surface area contributed by atoms with E-state index in [-0.39, 0.29) is 12.4 Å². The molecule has 2 rings (SSSR count). The number of hydrogen-bond acceptors (Lipinski definition) is 4. The predicted octanol–water partition coefficient (Wildman–Crippen LogP) is 3.45. The van der Waals surface area contributed by atoms with E-state index in [4.69, 9.17) is 9.47 Å². The Bertz CT molecular complexity index is 662. The van der Waals surface area contributed by atoms with Gasteiger partial charge in [-0.1, -0.05) is 30.3 Å². The van der Waals surface area contributed by atoms with Gasteiger partial charge in [-0.2, -0.15) is 0 Å². The second kappa shape index (κ2) is 10.0. The van der Waals surface area contributed by atoms with Crippen LogP contribution in [0.15, 0.2) is 42.5 Å². The molecule has 0 spiro atoms. The molecule has 0 amide bonds. The fraction of sp³-hybridized carbons (Fsp3) is 0.400. The largest absolute Gasteiger partial charge is 0.493 e. The van der Waals surface area contributed by atoms with Crippen LogP contribution in [0.1, 0.15) is 17.5 Å². The van der Waals surface area contributed by atoms with Crippen molar-refractivity contribution in [3.8, 4) is 11.5 Å². The first-order valence-electron chi connectivity index (χ1n) is 8.49. The number of benzene rings is 2. The maximum atomic E-state index is 13.8. The summed E-state index contributed by atoms with van der Waals surface area (Å²) in [7, 11) is 5.74. The Morgan fingerprint density at radius 1 is 1.04 bits per heavy atom. The van der Waals surface area contributed by atoms with Crippen LogP contribution >= 0.6 is 0 Å². The van der Waals surface area contributed by atoms with E-state index in [9.17, 15) is 4.39 Å². The molecular formula is C20H27FN2O2. The van der Waals surface area contributed by atoms with Crippen LogP contribution in [0.4, 0.5) is 4.39 Å². The Morgan fingerprint density at radius 2 is 1.80 bits per heavy atom. The van der Waals surface area contributed by atoms with Crippen LogP contribution in [0, 0.1) is 5.82 Å². The molecule has 1 N–H and O–H groups in total. The Morgan fingerprint density at radius 3 is 2.52 bits per heavy atom. The summed E-state index contributed by atoms with van der Waals surface area (Å²) in [6.45, 7) is 2.81. The predicted molar refractivity (Wildman–Crippen MR) is 98.6 cm³/mol. The third kappa shape index (κ3) is 6.03. The van der Waals surface area contributed by atoms with Gasteiger partial charge in [-0.3, -0.25) is 0 Å². The highest BCUT2D eigenvalue weighted by molar-refractivity contribution is 5.46. The first-order chi connectivity index (χ1) is 12.1. The highest BCUT2D eigenvalue weighted by Crippen LogP contribution is 2.32. The third-order valence-corrected chi connectivity index (χ3v) is 3.88. The summed E-state index contributed by atoms with van der Waals surface area (Å²) in [5.74, 6) is 1.05. The fourth-order valence-electron chi connectivity index (χ4n) is 2.53. The average Bonchev–Trinajstić information content (AvgIpc) is 2.61. The zero-order chi connectivity index (χ0) is 18.1. The van der Waals surface area contributed by atoms with Crippen LogP contribution in [-0.4, -0.2) is 39.2 Å². The van der Waals surface area contributed by atoms with Gasteiger partial charge in [-0.25, -0.2) is 4.39 Å². The lowest BCUT2D eigenvalue weighted by Crippen LogP contribution is -2.21. The highest BCUT2D eigenvalue weighted by atomic mass is 19.1. The Balaban J connectivity index is 2.01. The minimum Gasteiger partial charge on any atom is -0.493 e. The summed E-state index contributed by atoms with van der Waals surface area (Å²) < 4.78 is 25.1. The van der Waals surface area contributed by atoms with Gasteiger partial charge < -0.3 is 19.7 Å². The average molecular weight is 346 g/mol. The molecule has 0 aliphatic rings. The summed E-state index contributed by atoms with van der Waals surface area (Å²) in [6.07, 6.45) is 1.07. The number of ether oxygens (including phenoxy) is 2. The Hall–Kier alpha value is -2.11. The van der Waals surface area contributed by atoms with Gasteiger partial charge in [0.2, 0.25) is 0 Å². The molecule has 4 nitrogen and oxygen atoms in total. The standard InChI is InChI=1S/C20H27FN2O2/c1-23(2)13-7-12-22-14-16-9-6-11-19(24-3)20(16)25-15-17-8-4-5-10-18(17)21/h4-6,8-11,22H,7,12-15H2,1-3H3. The van der Waals surface area contributed by atoms with Crippen molar-refractivity contribution in [2.45, 2.75) is 19.6 Å². The molecule has 0 aliphatic carbocycles. The number of nitrogens with zero attached hydrogens (tertiary/aromatic N) is 1. The molecule has 2 aromatic rings. The minimum atomic E-state index is -0.263. The number of rotatable bonds is 10. The molecule has 0 radical (unpaired) electrons. The van der Waals surface area contributed by atoms with Crippen molar-refractivity contribution < 1.29 is 13.9 Å². The van der Waals surface area contributed by atoms with Gasteiger partial charge >= 0.3 is 0 Å². The maximum Gasteiger partial charge on any atom is 0.166 e. The van der Waals surface area contributed by atoms with Gasteiger partial charge in [0.25, 0.3) is 0 Å². The number of hydrogen-bond donors (Lipinski definition) is 1. The summed E-state index contributed by atoms with van der Waals surface area (Å²) in [5.41, 5.74) is 1.53. The van der Waals surface area contributed by atoms with E-state index < -0.39 is 0 Å². The van der Waals surface area contributed by atoms with E-state index in [1.165, 1.54) is 6.07 Å². The summed E-state index contributed by atoms with van der Waals surface area (Å²) in [5, 5.41) is 3.42. The van der Waals surface area contributed by atoms with Crippen molar-refractivity contribution >= 4 is 0 Å². The number of nitrogens with one attached hydrogen (secondary N) is 1. The normalized spacial score (nSPS) is 10.9. The zero-order valence-corrected chi connectivity index (χ0v) is 15.2. The van der Waals surface area contributed by atoms with Crippen molar-refractivity contribution in [3.63, 3.8) is 0 Å². The second-order valence-corrected chi connectivity index (χ2v) is 6.16. The maximum absolute atomic E-state index is 13.8. The first kappa shape index (κ1) is 19.2. The van der Waals surface area contributed by atoms with E-state index in [0.29, 0.717) is 23.6 Å². The molecule has 136 valence electrons. The minimum absolute atomic E-state index is 0.167. The van der Waals surface area contributed by atoms with E-state index in [1.54, 1.807) is 25.3 Å². The van der Waals surface area contributed by atoms with Crippen LogP contribution in [0.5, 0.6) is 11.5 Å². The monoisotopic (exact) mass is 346 g/mol. The zero-order valence-electron chi connectivity index (χ0n) is 15.2. The quantitative estimate of drug-likeness (QED) is 0.668. The van der Waals surface area contributed by atoms with Crippen LogP contribution < -0.4 is 14.8 Å². The molecule has 0 unspecified atom stereocenters. The van der Waals surface area contributed by atoms with Gasteiger partial charge in [0.15, 0.2) is 11.5 Å². The number of para-hydroxylation sites is 1. The third-order valence-electron chi connectivity index (χ3n) is 3.88. The van der Waals surface area contributed by atoms with Crippen LogP contribution in [0.3, 0.4) is 0 Å². The molecule has 0 aliphatic heterocycles. The topological polar surface area (TPSA) is 33.7 Å². The van der Waals surface area contributed by atoms with Crippen molar-refractivity contribution in [2.75, 3.05) is 34.3 Å². The molecule has 25 heavy (non-hydrogen) atoms. The molecule has 0 heterocycles. The van der Waals surface area contributed by atoms with Crippen LogP contribution in [-0.2, 0) is 13.2 Å². The number of halogens is 1. The van der Waals surface area contributed by atoms with E-state index >= 15 is 0 Å². The molecule has 0 aromatic heterocycles. The molecule has 5 heteroatoms. The Labute approximate surface area is 149 Å². The highest BCUT2D eigenvalue weighted by Gasteiger charge is 2.12. The lowest BCUT2D eigenvalue weighted by atomic mass is 10.1. The summed E-state index contributed by atoms with van der Waals surface area (Å²) in [4.78, 5) is 2.16. The van der Waals surface area contributed by atoms with Gasteiger partial charge in [0.05, 0.1) is 7.11 Å². The Kier molecular flexibility index (Phi) is 7.70. The van der Waals surface area contributed by atoms with Crippen LogP contribution in [0.2, 0.25) is 0 Å². The van der Waals surface area contributed by atoms with Crippen molar-refractivity contribution in [1.29, 1.82) is 0 Å². The smallest absolute Gasteiger partial charge is 0.166 e. The van der Waals surface area contributed by atoms with Crippen LogP contribution in [0.25, 0.3) is 0 Å². The lowest BCUT2D eigenvalue weighted by molar-refractivity contribution is 0.276.